The summed E-state index contributed by atoms with van der Waals surface area (Å²) in [5, 5.41) is 20.2. The molecule has 0 fully saturated rings. The molecule has 180 valence electrons. The number of aromatic nitrogens is 4. The minimum absolute atomic E-state index is 0. The fourth-order valence-electron chi connectivity index (χ4n) is 3.03. The summed E-state index contributed by atoms with van der Waals surface area (Å²) in [6, 6.07) is 5.16. The number of hydrogen-bond acceptors (Lipinski definition) is 10. The number of amides is 1. The zero-order valence-electron chi connectivity index (χ0n) is 18.0. The van der Waals surface area contributed by atoms with Gasteiger partial charge in [0.1, 0.15) is 6.04 Å². The van der Waals surface area contributed by atoms with Gasteiger partial charge in [-0.1, -0.05) is 0 Å². The van der Waals surface area contributed by atoms with Gasteiger partial charge >= 0.3 is 11.9 Å². The predicted molar refractivity (Wildman–Crippen MR) is 129 cm³/mol. The first-order valence-corrected chi connectivity index (χ1v) is 9.75. The van der Waals surface area contributed by atoms with Crippen molar-refractivity contribution in [1.29, 1.82) is 0 Å². The van der Waals surface area contributed by atoms with Crippen molar-refractivity contribution in [3.63, 3.8) is 0 Å². The molecule has 1 atom stereocenters. The van der Waals surface area contributed by atoms with Crippen LogP contribution >= 0.6 is 17.0 Å². The number of nitrogens with two attached hydrogens (primary N) is 2. The van der Waals surface area contributed by atoms with Crippen LogP contribution in [-0.4, -0.2) is 61.1 Å². The smallest absolute Gasteiger partial charge is 0.326 e. The Hall–Kier alpha value is -4.07. The molecule has 14 heteroatoms. The highest BCUT2D eigenvalue weighted by Crippen LogP contribution is 2.19. The fourth-order valence-corrected chi connectivity index (χ4v) is 3.03. The first-order valence-electron chi connectivity index (χ1n) is 9.75. The van der Waals surface area contributed by atoms with Crippen LogP contribution in [0.25, 0.3) is 11.2 Å². The summed E-state index contributed by atoms with van der Waals surface area (Å²) < 4.78 is 0. The third-order valence-corrected chi connectivity index (χ3v) is 4.72. The largest absolute Gasteiger partial charge is 0.481 e. The lowest BCUT2D eigenvalue weighted by atomic mass is 10.1. The van der Waals surface area contributed by atoms with Crippen LogP contribution < -0.4 is 21.7 Å². The number of carboxylic acid groups (broad SMARTS) is 2. The molecule has 3 aromatic rings. The number of aliphatic carboxylic acids is 2. The van der Waals surface area contributed by atoms with E-state index in [1.54, 1.807) is 18.3 Å². The van der Waals surface area contributed by atoms with E-state index in [-0.39, 0.29) is 47.2 Å². The van der Waals surface area contributed by atoms with Crippen molar-refractivity contribution in [2.45, 2.75) is 25.4 Å². The molecule has 0 radical (unpaired) electrons. The molecule has 34 heavy (non-hydrogen) atoms. The van der Waals surface area contributed by atoms with E-state index >= 15 is 0 Å². The molecule has 0 saturated heterocycles. The number of nitrogens with zero attached hydrogens (tertiary/aromatic N) is 5. The summed E-state index contributed by atoms with van der Waals surface area (Å²) in [6.07, 6.45) is 0.964. The van der Waals surface area contributed by atoms with Crippen molar-refractivity contribution in [2.75, 3.05) is 23.4 Å². The summed E-state index contributed by atoms with van der Waals surface area (Å²) in [6.45, 7) is 0.370. The van der Waals surface area contributed by atoms with Gasteiger partial charge < -0.3 is 31.9 Å². The number of fused-ring (bicyclic) bond motifs is 1. The maximum absolute atomic E-state index is 12.4. The van der Waals surface area contributed by atoms with Crippen molar-refractivity contribution in [2.24, 2.45) is 0 Å². The van der Waals surface area contributed by atoms with Crippen LogP contribution in [0.3, 0.4) is 0 Å². The third-order valence-electron chi connectivity index (χ3n) is 4.72. The van der Waals surface area contributed by atoms with Gasteiger partial charge in [-0.15, -0.1) is 17.0 Å². The average molecular weight is 535 g/mol. The van der Waals surface area contributed by atoms with Crippen molar-refractivity contribution >= 4 is 63.4 Å². The van der Waals surface area contributed by atoms with Crippen LogP contribution in [0.15, 0.2) is 30.5 Å². The highest BCUT2D eigenvalue weighted by molar-refractivity contribution is 8.93. The third kappa shape index (κ3) is 6.48. The van der Waals surface area contributed by atoms with Crippen LogP contribution in [0.2, 0.25) is 0 Å². The van der Waals surface area contributed by atoms with Crippen molar-refractivity contribution in [3.05, 3.63) is 41.7 Å². The summed E-state index contributed by atoms with van der Waals surface area (Å²) in [7, 11) is 1.82. The van der Waals surface area contributed by atoms with E-state index < -0.39 is 23.9 Å². The molecule has 1 amide bonds. The van der Waals surface area contributed by atoms with Gasteiger partial charge in [0.05, 0.1) is 18.4 Å². The Morgan fingerprint density at radius 1 is 1.09 bits per heavy atom. The number of nitrogens with one attached hydrogen (secondary N) is 1. The monoisotopic (exact) mass is 534 g/mol. The Bertz CT molecular complexity index is 1210. The maximum atomic E-state index is 12.4. The Labute approximate surface area is 204 Å². The van der Waals surface area contributed by atoms with Crippen molar-refractivity contribution in [1.82, 2.24) is 25.3 Å². The SMILES string of the molecule is Br.CN(Cc1cnc2nc(N)nc(N)c2n1)c1ccc(C(=O)NC(CCC(=O)O)C(=O)O)cc1. The van der Waals surface area contributed by atoms with Crippen LogP contribution in [0.1, 0.15) is 28.9 Å². The van der Waals surface area contributed by atoms with Gasteiger partial charge in [0, 0.05) is 24.7 Å². The summed E-state index contributed by atoms with van der Waals surface area (Å²) >= 11 is 0. The first-order chi connectivity index (χ1) is 15.6. The highest BCUT2D eigenvalue weighted by atomic mass is 79.9. The first kappa shape index (κ1) is 26.2. The van der Waals surface area contributed by atoms with E-state index in [2.05, 4.69) is 25.3 Å². The minimum Gasteiger partial charge on any atom is -0.481 e. The quantitative estimate of drug-likeness (QED) is 0.258. The second kappa shape index (κ2) is 11.2. The number of halogens is 1. The second-order valence-electron chi connectivity index (χ2n) is 7.20. The van der Waals surface area contributed by atoms with Crippen LogP contribution in [-0.2, 0) is 16.1 Å². The Balaban J connectivity index is 0.00000408. The molecule has 1 aromatic carbocycles. The number of carboxylic acids is 2. The van der Waals surface area contributed by atoms with Crippen LogP contribution in [0.5, 0.6) is 0 Å². The number of nitrogen functional groups attached to an aromatic ring is 2. The topological polar surface area (TPSA) is 211 Å². The summed E-state index contributed by atoms with van der Waals surface area (Å²) in [5.41, 5.74) is 13.7. The van der Waals surface area contributed by atoms with E-state index in [1.165, 1.54) is 12.1 Å². The van der Waals surface area contributed by atoms with E-state index in [9.17, 15) is 19.5 Å². The zero-order valence-corrected chi connectivity index (χ0v) is 19.7. The molecule has 0 aliphatic heterocycles. The normalized spacial score (nSPS) is 11.3. The Morgan fingerprint density at radius 3 is 2.38 bits per heavy atom. The molecule has 13 nitrogen and oxygen atoms in total. The molecule has 7 N–H and O–H groups in total. The maximum Gasteiger partial charge on any atom is 0.326 e. The van der Waals surface area contributed by atoms with Crippen LogP contribution in [0.4, 0.5) is 17.5 Å². The fraction of sp³-hybridized carbons (Fsp3) is 0.250. The summed E-state index contributed by atoms with van der Waals surface area (Å²) in [4.78, 5) is 52.7. The number of carbonyl (C=O) groups excluding carboxylic acids is 1. The molecular weight excluding hydrogens is 512 g/mol. The highest BCUT2D eigenvalue weighted by Gasteiger charge is 2.21. The minimum atomic E-state index is -1.30. The van der Waals surface area contributed by atoms with E-state index in [1.807, 2.05) is 11.9 Å². The number of benzene rings is 1. The van der Waals surface area contributed by atoms with Gasteiger partial charge in [-0.25, -0.2) is 14.8 Å². The van der Waals surface area contributed by atoms with Crippen molar-refractivity contribution in [3.8, 4) is 0 Å². The van der Waals surface area contributed by atoms with E-state index in [0.717, 1.165) is 5.69 Å². The molecular formula is C20H23BrN8O5. The lowest BCUT2D eigenvalue weighted by Crippen LogP contribution is -2.41. The van der Waals surface area contributed by atoms with Gasteiger partial charge in [0.15, 0.2) is 17.0 Å². The molecule has 0 aliphatic rings. The Kier molecular flexibility index (Phi) is 8.61. The van der Waals surface area contributed by atoms with Gasteiger partial charge in [-0.05, 0) is 30.7 Å². The van der Waals surface area contributed by atoms with Gasteiger partial charge in [-0.2, -0.15) is 9.97 Å². The molecule has 0 spiro atoms. The lowest BCUT2D eigenvalue weighted by Gasteiger charge is -2.19. The number of anilines is 3. The van der Waals surface area contributed by atoms with Crippen LogP contribution in [0, 0.1) is 0 Å². The van der Waals surface area contributed by atoms with Gasteiger partial charge in [0.2, 0.25) is 5.95 Å². The van der Waals surface area contributed by atoms with E-state index in [4.69, 9.17) is 16.6 Å². The van der Waals surface area contributed by atoms with Gasteiger partial charge in [-0.3, -0.25) is 9.59 Å². The molecule has 2 heterocycles. The molecule has 0 bridgehead atoms. The Morgan fingerprint density at radius 2 is 1.76 bits per heavy atom. The molecule has 2 aromatic heterocycles. The van der Waals surface area contributed by atoms with E-state index in [0.29, 0.717) is 23.4 Å². The zero-order chi connectivity index (χ0) is 24.1. The molecule has 3 rings (SSSR count). The molecule has 0 aliphatic carbocycles. The number of carbonyl (C=O) groups is 3. The standard InChI is InChI=1S/C20H22N8O5.BrH/c1-28(9-11-8-23-17-15(24-11)16(21)26-20(22)27-17)12-4-2-10(3-5-12)18(31)25-13(19(32)33)6-7-14(29)30;/h2-5,8,13H,6-7,9H2,1H3,(H,25,31)(H,29,30)(H,32,33)(H4,21,22,23,26,27);1H. The lowest BCUT2D eigenvalue weighted by molar-refractivity contribution is -0.140. The van der Waals surface area contributed by atoms with Crippen molar-refractivity contribution < 1.29 is 24.6 Å². The van der Waals surface area contributed by atoms with Gasteiger partial charge in [0.25, 0.3) is 5.91 Å². The second-order valence-corrected chi connectivity index (χ2v) is 7.20. The summed E-state index contributed by atoms with van der Waals surface area (Å²) in [5.74, 6) is -2.91. The predicted octanol–water partition coefficient (Wildman–Crippen LogP) is 0.846. The molecule has 1 unspecified atom stereocenters. The number of rotatable bonds is 9. The average Bonchev–Trinajstić information content (AvgIpc) is 2.76. The molecule has 0 saturated carbocycles. The number of hydrogen-bond donors (Lipinski definition) is 5.